The van der Waals surface area contributed by atoms with Crippen LogP contribution in [0.1, 0.15) is 29.3 Å². The molecule has 0 unspecified atom stereocenters. The summed E-state index contributed by atoms with van der Waals surface area (Å²) < 4.78 is 5.52. The molecule has 19 heavy (non-hydrogen) atoms. The second-order valence-corrected chi connectivity index (χ2v) is 3.90. The van der Waals surface area contributed by atoms with Crippen LogP contribution in [-0.4, -0.2) is 10.8 Å². The number of pyridine rings is 1. The van der Waals surface area contributed by atoms with Crippen LogP contribution in [0.4, 0.5) is 0 Å². The highest BCUT2D eigenvalue weighted by Gasteiger charge is 2.05. The van der Waals surface area contributed by atoms with E-state index >= 15 is 0 Å². The van der Waals surface area contributed by atoms with E-state index in [2.05, 4.69) is 4.98 Å². The summed E-state index contributed by atoms with van der Waals surface area (Å²) in [5.74, 6) is 0.981. The number of nitriles is 1. The molecule has 94 valence electrons. The number of nitrogens with zero attached hydrogens (tertiary/aromatic N) is 2. The van der Waals surface area contributed by atoms with E-state index in [1.807, 2.05) is 6.07 Å². The van der Waals surface area contributed by atoms with Crippen molar-refractivity contribution in [3.63, 3.8) is 0 Å². The van der Waals surface area contributed by atoms with Gasteiger partial charge in [-0.3, -0.25) is 4.79 Å². The van der Waals surface area contributed by atoms with Crippen molar-refractivity contribution in [3.05, 3.63) is 53.7 Å². The Morgan fingerprint density at radius 2 is 2.21 bits per heavy atom. The van der Waals surface area contributed by atoms with Crippen LogP contribution in [-0.2, 0) is 0 Å². The van der Waals surface area contributed by atoms with E-state index in [0.29, 0.717) is 29.2 Å². The Labute approximate surface area is 111 Å². The van der Waals surface area contributed by atoms with Crippen LogP contribution in [0, 0.1) is 11.3 Å². The van der Waals surface area contributed by atoms with Gasteiger partial charge in [-0.25, -0.2) is 4.98 Å². The molecule has 0 atom stereocenters. The number of carbonyl (C=O) groups excluding carboxylic acids is 1. The quantitative estimate of drug-likeness (QED) is 0.783. The lowest BCUT2D eigenvalue weighted by Crippen LogP contribution is -1.97. The van der Waals surface area contributed by atoms with E-state index < -0.39 is 0 Å². The molecule has 0 saturated heterocycles. The molecule has 1 aromatic carbocycles. The average Bonchev–Trinajstić information content (AvgIpc) is 2.47. The van der Waals surface area contributed by atoms with Gasteiger partial charge in [-0.15, -0.1) is 0 Å². The van der Waals surface area contributed by atoms with Crippen molar-refractivity contribution < 1.29 is 9.53 Å². The number of carbonyl (C=O) groups is 1. The van der Waals surface area contributed by atoms with Gasteiger partial charge < -0.3 is 4.74 Å². The molecule has 0 aliphatic carbocycles. The minimum absolute atomic E-state index is 0.0468. The predicted molar refractivity (Wildman–Crippen MR) is 70.1 cm³/mol. The van der Waals surface area contributed by atoms with Crippen LogP contribution in [0.5, 0.6) is 11.6 Å². The van der Waals surface area contributed by atoms with Crippen molar-refractivity contribution in [3.8, 4) is 17.7 Å². The summed E-state index contributed by atoms with van der Waals surface area (Å²) in [5.41, 5.74) is 1.09. The molecule has 2 rings (SSSR count). The molecule has 2 aromatic rings. The molecule has 0 spiro atoms. The van der Waals surface area contributed by atoms with Gasteiger partial charge in [-0.1, -0.05) is 13.0 Å². The first kappa shape index (κ1) is 12.8. The number of hydrogen-bond donors (Lipinski definition) is 0. The number of Topliss-reactive ketones (excluding diaryl/α,β-unsaturated/α-hetero) is 1. The Balaban J connectivity index is 2.15. The molecular formula is C15H12N2O2. The first-order chi connectivity index (χ1) is 9.22. The summed E-state index contributed by atoms with van der Waals surface area (Å²) >= 11 is 0. The molecule has 0 aliphatic heterocycles. The molecular weight excluding hydrogens is 240 g/mol. The minimum atomic E-state index is 0.0468. The molecule has 0 fully saturated rings. The molecule has 1 aromatic heterocycles. The van der Waals surface area contributed by atoms with Crippen LogP contribution in [0.25, 0.3) is 0 Å². The normalized spacial score (nSPS) is 9.68. The minimum Gasteiger partial charge on any atom is -0.439 e. The maximum absolute atomic E-state index is 11.4. The summed E-state index contributed by atoms with van der Waals surface area (Å²) in [6.07, 6.45) is 1.95. The maximum atomic E-state index is 11.4. The van der Waals surface area contributed by atoms with Gasteiger partial charge >= 0.3 is 0 Å². The molecule has 0 N–H and O–H groups in total. The van der Waals surface area contributed by atoms with Crippen LogP contribution in [0.2, 0.25) is 0 Å². The van der Waals surface area contributed by atoms with E-state index in [0.717, 1.165) is 0 Å². The van der Waals surface area contributed by atoms with Crippen LogP contribution >= 0.6 is 0 Å². The van der Waals surface area contributed by atoms with Gasteiger partial charge in [-0.05, 0) is 24.3 Å². The Morgan fingerprint density at radius 3 is 2.84 bits per heavy atom. The highest BCUT2D eigenvalue weighted by atomic mass is 16.5. The van der Waals surface area contributed by atoms with Crippen molar-refractivity contribution in [2.45, 2.75) is 13.3 Å². The van der Waals surface area contributed by atoms with Gasteiger partial charge in [0.2, 0.25) is 5.88 Å². The third kappa shape index (κ3) is 3.17. The number of ether oxygens (including phenoxy) is 1. The molecule has 0 saturated carbocycles. The van der Waals surface area contributed by atoms with Gasteiger partial charge in [0.15, 0.2) is 5.78 Å². The maximum Gasteiger partial charge on any atom is 0.219 e. The molecule has 0 bridgehead atoms. The van der Waals surface area contributed by atoms with E-state index in [1.54, 1.807) is 43.3 Å². The monoisotopic (exact) mass is 252 g/mol. The largest absolute Gasteiger partial charge is 0.439 e. The summed E-state index contributed by atoms with van der Waals surface area (Å²) in [6.45, 7) is 1.81. The van der Waals surface area contributed by atoms with E-state index in [-0.39, 0.29) is 5.78 Å². The zero-order valence-corrected chi connectivity index (χ0v) is 10.5. The SMILES string of the molecule is CCC(=O)c1ccc(Oc2cccc(C#N)c2)nc1. The lowest BCUT2D eigenvalue weighted by Gasteiger charge is -2.05. The van der Waals surface area contributed by atoms with Crippen molar-refractivity contribution >= 4 is 5.78 Å². The standard InChI is InChI=1S/C15H12N2O2/c1-2-14(18)12-6-7-15(17-10-12)19-13-5-3-4-11(8-13)9-16/h3-8,10H,2H2,1H3. The molecule has 0 radical (unpaired) electrons. The Hall–Kier alpha value is -2.67. The van der Waals surface area contributed by atoms with Gasteiger partial charge in [0.1, 0.15) is 5.75 Å². The first-order valence-electron chi connectivity index (χ1n) is 5.90. The number of benzene rings is 1. The summed E-state index contributed by atoms with van der Waals surface area (Å²) in [5, 5.41) is 8.79. The summed E-state index contributed by atoms with van der Waals surface area (Å²) in [6, 6.07) is 12.2. The van der Waals surface area contributed by atoms with Gasteiger partial charge in [0.25, 0.3) is 0 Å². The van der Waals surface area contributed by atoms with E-state index in [1.165, 1.54) is 6.20 Å². The van der Waals surface area contributed by atoms with Crippen molar-refractivity contribution in [2.75, 3.05) is 0 Å². The predicted octanol–water partition coefficient (Wildman–Crippen LogP) is 3.34. The Kier molecular flexibility index (Phi) is 3.89. The van der Waals surface area contributed by atoms with Crippen molar-refractivity contribution in [1.29, 1.82) is 5.26 Å². The van der Waals surface area contributed by atoms with Gasteiger partial charge in [-0.2, -0.15) is 5.26 Å². The number of rotatable bonds is 4. The number of hydrogen-bond acceptors (Lipinski definition) is 4. The van der Waals surface area contributed by atoms with Gasteiger partial charge in [0, 0.05) is 24.2 Å². The smallest absolute Gasteiger partial charge is 0.219 e. The second-order valence-electron chi connectivity index (χ2n) is 3.90. The lowest BCUT2D eigenvalue weighted by atomic mass is 10.1. The third-order valence-electron chi connectivity index (χ3n) is 2.56. The first-order valence-corrected chi connectivity index (χ1v) is 5.90. The van der Waals surface area contributed by atoms with Crippen LogP contribution in [0.15, 0.2) is 42.6 Å². The van der Waals surface area contributed by atoms with Crippen molar-refractivity contribution in [2.24, 2.45) is 0 Å². The topological polar surface area (TPSA) is 63.0 Å². The number of ketones is 1. The van der Waals surface area contributed by atoms with Crippen molar-refractivity contribution in [1.82, 2.24) is 4.98 Å². The number of aromatic nitrogens is 1. The fraction of sp³-hybridized carbons (Fsp3) is 0.133. The van der Waals surface area contributed by atoms with Gasteiger partial charge in [0.05, 0.1) is 11.6 Å². The molecule has 0 aliphatic rings. The summed E-state index contributed by atoms with van der Waals surface area (Å²) in [4.78, 5) is 15.5. The average molecular weight is 252 g/mol. The fourth-order valence-electron chi connectivity index (χ4n) is 1.56. The van der Waals surface area contributed by atoms with E-state index in [4.69, 9.17) is 10.00 Å². The third-order valence-corrected chi connectivity index (χ3v) is 2.56. The highest BCUT2D eigenvalue weighted by molar-refractivity contribution is 5.95. The molecule has 4 heteroatoms. The molecule has 1 heterocycles. The molecule has 4 nitrogen and oxygen atoms in total. The summed E-state index contributed by atoms with van der Waals surface area (Å²) in [7, 11) is 0. The van der Waals surface area contributed by atoms with Crippen LogP contribution < -0.4 is 4.74 Å². The van der Waals surface area contributed by atoms with Crippen LogP contribution in [0.3, 0.4) is 0 Å². The highest BCUT2D eigenvalue weighted by Crippen LogP contribution is 2.20. The Bertz CT molecular complexity index is 627. The second kappa shape index (κ2) is 5.78. The zero-order valence-electron chi connectivity index (χ0n) is 10.5. The molecule has 0 amide bonds. The lowest BCUT2D eigenvalue weighted by molar-refractivity contribution is 0.0988. The Morgan fingerprint density at radius 1 is 1.37 bits per heavy atom. The van der Waals surface area contributed by atoms with E-state index in [9.17, 15) is 4.79 Å². The zero-order chi connectivity index (χ0) is 13.7. The fourth-order valence-corrected chi connectivity index (χ4v) is 1.56.